The van der Waals surface area contributed by atoms with Crippen LogP contribution in [0.4, 0.5) is 13.2 Å². The first-order valence-electron chi connectivity index (χ1n) is 4.68. The molecule has 1 saturated carbocycles. The number of aliphatic carboxylic acids is 1. The molecule has 1 N–H and O–H groups in total. The molecule has 0 bridgehead atoms. The Morgan fingerprint density at radius 2 is 1.94 bits per heavy atom. The van der Waals surface area contributed by atoms with Crippen LogP contribution in [0.3, 0.4) is 0 Å². The van der Waals surface area contributed by atoms with Gasteiger partial charge in [0.05, 0.1) is 0 Å². The maximum atomic E-state index is 12.3. The molecule has 2 rings (SSSR count). The van der Waals surface area contributed by atoms with Crippen molar-refractivity contribution in [2.45, 2.75) is 24.4 Å². The Bertz CT molecular complexity index is 478. The van der Waals surface area contributed by atoms with Gasteiger partial charge in [-0.3, -0.25) is 9.59 Å². The van der Waals surface area contributed by atoms with Gasteiger partial charge in [0.25, 0.3) is 0 Å². The van der Waals surface area contributed by atoms with E-state index in [-0.39, 0.29) is 24.4 Å². The summed E-state index contributed by atoms with van der Waals surface area (Å²) in [6.45, 7) is 0. The molecule has 1 fully saturated rings. The number of carbonyl (C=O) groups is 2. The van der Waals surface area contributed by atoms with Crippen molar-refractivity contribution in [3.05, 3.63) is 23.7 Å². The third-order valence-electron chi connectivity index (χ3n) is 2.76. The molecule has 1 heterocycles. The van der Waals surface area contributed by atoms with Gasteiger partial charge in [0, 0.05) is 12.8 Å². The molecule has 0 aromatic carbocycles. The standard InChI is InChI=1S/C10H7F3O4/c11-10(12,13)7-2-1-6(17-7)9(8(15)16)3-5(14)4-9/h1-2H,3-4H2,(H,15,16). The minimum atomic E-state index is -4.66. The smallest absolute Gasteiger partial charge is 0.449 e. The van der Waals surface area contributed by atoms with Crippen LogP contribution in [0.15, 0.2) is 16.5 Å². The van der Waals surface area contributed by atoms with Crippen molar-refractivity contribution >= 4 is 11.8 Å². The van der Waals surface area contributed by atoms with E-state index in [0.717, 1.165) is 6.07 Å². The molecule has 0 aliphatic heterocycles. The van der Waals surface area contributed by atoms with Crippen LogP contribution in [0.1, 0.15) is 24.4 Å². The van der Waals surface area contributed by atoms with Crippen LogP contribution in [0.25, 0.3) is 0 Å². The fourth-order valence-electron chi connectivity index (χ4n) is 1.80. The van der Waals surface area contributed by atoms with Gasteiger partial charge in [-0.2, -0.15) is 13.2 Å². The van der Waals surface area contributed by atoms with Crippen molar-refractivity contribution in [1.82, 2.24) is 0 Å². The van der Waals surface area contributed by atoms with Gasteiger partial charge >= 0.3 is 12.1 Å². The summed E-state index contributed by atoms with van der Waals surface area (Å²) < 4.78 is 41.4. The van der Waals surface area contributed by atoms with Crippen molar-refractivity contribution in [2.75, 3.05) is 0 Å². The quantitative estimate of drug-likeness (QED) is 0.868. The van der Waals surface area contributed by atoms with Crippen LogP contribution in [0.2, 0.25) is 0 Å². The SMILES string of the molecule is O=C1CC(C(=O)O)(c2ccc(C(F)(F)F)o2)C1. The molecule has 7 heteroatoms. The molecule has 0 atom stereocenters. The number of carboxylic acids is 1. The topological polar surface area (TPSA) is 67.5 Å². The molecule has 4 nitrogen and oxygen atoms in total. The third kappa shape index (κ3) is 1.71. The predicted octanol–water partition coefficient (Wildman–Crippen LogP) is 1.98. The molecule has 0 amide bonds. The molecule has 0 radical (unpaired) electrons. The predicted molar refractivity (Wildman–Crippen MR) is 47.3 cm³/mol. The molecule has 0 spiro atoms. The van der Waals surface area contributed by atoms with E-state index in [2.05, 4.69) is 4.42 Å². The minimum absolute atomic E-state index is 0.308. The molecular formula is C10H7F3O4. The fourth-order valence-corrected chi connectivity index (χ4v) is 1.80. The highest BCUT2D eigenvalue weighted by Crippen LogP contribution is 2.44. The molecular weight excluding hydrogens is 241 g/mol. The Hall–Kier alpha value is -1.79. The van der Waals surface area contributed by atoms with Crippen molar-refractivity contribution in [3.8, 4) is 0 Å². The third-order valence-corrected chi connectivity index (χ3v) is 2.76. The second kappa shape index (κ2) is 3.35. The van der Waals surface area contributed by atoms with Crippen molar-refractivity contribution in [1.29, 1.82) is 0 Å². The minimum Gasteiger partial charge on any atom is -0.480 e. The number of carbonyl (C=O) groups excluding carboxylic acids is 1. The first-order chi connectivity index (χ1) is 7.75. The van der Waals surface area contributed by atoms with Crippen LogP contribution in [-0.4, -0.2) is 16.9 Å². The molecule has 0 unspecified atom stereocenters. The van der Waals surface area contributed by atoms with Gasteiger partial charge in [-0.15, -0.1) is 0 Å². The van der Waals surface area contributed by atoms with Gasteiger partial charge in [0.15, 0.2) is 0 Å². The molecule has 1 aliphatic carbocycles. The number of hydrogen-bond donors (Lipinski definition) is 1. The summed E-state index contributed by atoms with van der Waals surface area (Å²) in [5.74, 6) is -3.23. The highest BCUT2D eigenvalue weighted by molar-refractivity contribution is 6.00. The molecule has 1 aromatic rings. The Morgan fingerprint density at radius 1 is 1.35 bits per heavy atom. The monoisotopic (exact) mass is 248 g/mol. The summed E-state index contributed by atoms with van der Waals surface area (Å²) in [7, 11) is 0. The van der Waals surface area contributed by atoms with E-state index in [1.165, 1.54) is 0 Å². The van der Waals surface area contributed by atoms with Crippen molar-refractivity contribution in [3.63, 3.8) is 0 Å². The Morgan fingerprint density at radius 3 is 2.29 bits per heavy atom. The number of alkyl halides is 3. The highest BCUT2D eigenvalue weighted by atomic mass is 19.4. The summed E-state index contributed by atoms with van der Waals surface area (Å²) >= 11 is 0. The fraction of sp³-hybridized carbons (Fsp3) is 0.400. The van der Waals surface area contributed by atoms with Gasteiger partial charge in [-0.1, -0.05) is 0 Å². The maximum absolute atomic E-state index is 12.3. The zero-order chi connectivity index (χ0) is 12.8. The first-order valence-corrected chi connectivity index (χ1v) is 4.68. The van der Waals surface area contributed by atoms with Gasteiger partial charge in [-0.25, -0.2) is 0 Å². The number of Topliss-reactive ketones (excluding diaryl/α,β-unsaturated/α-hetero) is 1. The number of ketones is 1. The van der Waals surface area contributed by atoms with E-state index in [4.69, 9.17) is 5.11 Å². The molecule has 1 aliphatic rings. The average Bonchev–Trinajstić information content (AvgIpc) is 2.59. The average molecular weight is 248 g/mol. The number of rotatable bonds is 2. The zero-order valence-corrected chi connectivity index (χ0v) is 8.37. The van der Waals surface area contributed by atoms with E-state index < -0.39 is 23.3 Å². The van der Waals surface area contributed by atoms with Gasteiger partial charge in [0.1, 0.15) is 17.0 Å². The Kier molecular flexibility index (Phi) is 2.30. The number of carboxylic acid groups (broad SMARTS) is 1. The molecule has 0 saturated heterocycles. The van der Waals surface area contributed by atoms with Crippen LogP contribution in [0.5, 0.6) is 0 Å². The summed E-state index contributed by atoms with van der Waals surface area (Å²) in [4.78, 5) is 21.9. The number of halogens is 3. The number of furan rings is 1. The summed E-state index contributed by atoms with van der Waals surface area (Å²) in [6, 6.07) is 1.63. The van der Waals surface area contributed by atoms with Crippen molar-refractivity contribution < 1.29 is 32.3 Å². The lowest BCUT2D eigenvalue weighted by Gasteiger charge is -2.33. The van der Waals surface area contributed by atoms with Crippen molar-refractivity contribution in [2.24, 2.45) is 0 Å². The van der Waals surface area contributed by atoms with Crippen LogP contribution < -0.4 is 0 Å². The first kappa shape index (κ1) is 11.7. The highest BCUT2D eigenvalue weighted by Gasteiger charge is 2.54. The maximum Gasteiger partial charge on any atom is 0.449 e. The summed E-state index contributed by atoms with van der Waals surface area (Å²) in [6.07, 6.45) is -5.31. The van der Waals surface area contributed by atoms with Crippen LogP contribution >= 0.6 is 0 Å². The van der Waals surface area contributed by atoms with E-state index in [0.29, 0.717) is 6.07 Å². The van der Waals surface area contributed by atoms with E-state index in [1.807, 2.05) is 0 Å². The van der Waals surface area contributed by atoms with Gasteiger partial charge in [-0.05, 0) is 12.1 Å². The van der Waals surface area contributed by atoms with Crippen LogP contribution in [-0.2, 0) is 21.2 Å². The lowest BCUT2D eigenvalue weighted by atomic mass is 9.66. The lowest BCUT2D eigenvalue weighted by Crippen LogP contribution is -2.48. The van der Waals surface area contributed by atoms with Gasteiger partial charge < -0.3 is 9.52 Å². The molecule has 1 aromatic heterocycles. The normalized spacial score (nSPS) is 18.9. The number of hydrogen-bond acceptors (Lipinski definition) is 3. The zero-order valence-electron chi connectivity index (χ0n) is 8.37. The van der Waals surface area contributed by atoms with E-state index >= 15 is 0 Å². The Labute approximate surface area is 93.0 Å². The lowest BCUT2D eigenvalue weighted by molar-refractivity contribution is -0.159. The molecule has 92 valence electrons. The van der Waals surface area contributed by atoms with Crippen LogP contribution in [0, 0.1) is 0 Å². The van der Waals surface area contributed by atoms with E-state index in [9.17, 15) is 22.8 Å². The summed E-state index contributed by atoms with van der Waals surface area (Å²) in [5, 5.41) is 8.97. The summed E-state index contributed by atoms with van der Waals surface area (Å²) in [5.41, 5.74) is -1.62. The van der Waals surface area contributed by atoms with Gasteiger partial charge in [0.2, 0.25) is 5.76 Å². The van der Waals surface area contributed by atoms with E-state index in [1.54, 1.807) is 0 Å². The second-order valence-corrected chi connectivity index (χ2v) is 3.94. The second-order valence-electron chi connectivity index (χ2n) is 3.94. The largest absolute Gasteiger partial charge is 0.480 e. The Balaban J connectivity index is 2.37. The molecule has 17 heavy (non-hydrogen) atoms.